The van der Waals surface area contributed by atoms with Crippen molar-refractivity contribution in [1.29, 1.82) is 0 Å². The Labute approximate surface area is 117 Å². The highest BCUT2D eigenvalue weighted by atomic mass is 16.5. The van der Waals surface area contributed by atoms with E-state index in [1.54, 1.807) is 30.1 Å². The largest absolute Gasteiger partial charge is 0.409 e. The Morgan fingerprint density at radius 1 is 1.55 bits per heavy atom. The summed E-state index contributed by atoms with van der Waals surface area (Å²) >= 11 is 0. The topological polar surface area (TPSA) is 88.2 Å². The minimum atomic E-state index is -0.118. The molecule has 1 fully saturated rings. The van der Waals surface area contributed by atoms with Crippen LogP contribution in [0.3, 0.4) is 0 Å². The van der Waals surface area contributed by atoms with E-state index in [1.807, 2.05) is 13.0 Å². The summed E-state index contributed by atoms with van der Waals surface area (Å²) in [4.78, 5) is 14.0. The highest BCUT2D eigenvalue weighted by Gasteiger charge is 2.33. The predicted molar refractivity (Wildman–Crippen MR) is 75.9 cm³/mol. The van der Waals surface area contributed by atoms with Gasteiger partial charge in [0.05, 0.1) is 12.0 Å². The molecule has 0 spiro atoms. The first-order chi connectivity index (χ1) is 9.54. The summed E-state index contributed by atoms with van der Waals surface area (Å²) in [6.45, 7) is 2.53. The first kappa shape index (κ1) is 14.3. The number of nitrogens with zero attached hydrogens (tertiary/aromatic N) is 2. The Morgan fingerprint density at radius 3 is 2.90 bits per heavy atom. The van der Waals surface area contributed by atoms with Crippen LogP contribution in [-0.4, -0.2) is 36.7 Å². The van der Waals surface area contributed by atoms with Gasteiger partial charge in [0.15, 0.2) is 5.84 Å². The van der Waals surface area contributed by atoms with Crippen molar-refractivity contribution >= 4 is 17.4 Å². The molecule has 6 heteroatoms. The van der Waals surface area contributed by atoms with Gasteiger partial charge in [-0.15, -0.1) is 0 Å². The van der Waals surface area contributed by atoms with Crippen molar-refractivity contribution in [2.75, 3.05) is 18.6 Å². The van der Waals surface area contributed by atoms with Gasteiger partial charge in [0, 0.05) is 24.9 Å². The van der Waals surface area contributed by atoms with E-state index >= 15 is 0 Å². The fourth-order valence-corrected chi connectivity index (χ4v) is 2.36. The number of ether oxygens (including phenoxy) is 1. The lowest BCUT2D eigenvalue weighted by atomic mass is 10.0. The van der Waals surface area contributed by atoms with Gasteiger partial charge in [-0.2, -0.15) is 0 Å². The molecule has 1 heterocycles. The van der Waals surface area contributed by atoms with Gasteiger partial charge < -0.3 is 20.6 Å². The van der Waals surface area contributed by atoms with Crippen molar-refractivity contribution in [1.82, 2.24) is 0 Å². The summed E-state index contributed by atoms with van der Waals surface area (Å²) in [6, 6.07) is 7.01. The van der Waals surface area contributed by atoms with E-state index in [0.717, 1.165) is 6.42 Å². The molecule has 2 rings (SSSR count). The maximum absolute atomic E-state index is 12.4. The molecule has 0 saturated carbocycles. The Hall–Kier alpha value is -2.08. The molecule has 0 aromatic heterocycles. The van der Waals surface area contributed by atoms with Crippen LogP contribution in [0.5, 0.6) is 0 Å². The molecule has 6 nitrogen and oxygen atoms in total. The Morgan fingerprint density at radius 2 is 2.30 bits per heavy atom. The second kappa shape index (κ2) is 5.92. The molecule has 1 aromatic rings. The number of carbonyl (C=O) groups is 1. The second-order valence-electron chi connectivity index (χ2n) is 4.90. The molecular weight excluding hydrogens is 258 g/mol. The van der Waals surface area contributed by atoms with Gasteiger partial charge in [0.1, 0.15) is 0 Å². The fourth-order valence-electron chi connectivity index (χ4n) is 2.36. The zero-order valence-corrected chi connectivity index (χ0v) is 11.6. The van der Waals surface area contributed by atoms with E-state index in [1.165, 1.54) is 0 Å². The van der Waals surface area contributed by atoms with E-state index < -0.39 is 0 Å². The minimum Gasteiger partial charge on any atom is -0.409 e. The molecule has 1 aliphatic heterocycles. The van der Waals surface area contributed by atoms with Crippen molar-refractivity contribution in [2.24, 2.45) is 16.8 Å². The number of amidine groups is 1. The average Bonchev–Trinajstić information content (AvgIpc) is 2.91. The molecule has 0 aliphatic carbocycles. The van der Waals surface area contributed by atoms with Gasteiger partial charge in [0.2, 0.25) is 5.91 Å². The lowest BCUT2D eigenvalue weighted by molar-refractivity contribution is -0.123. The van der Waals surface area contributed by atoms with Crippen LogP contribution in [0.15, 0.2) is 29.4 Å². The number of hydrogen-bond acceptors (Lipinski definition) is 4. The summed E-state index contributed by atoms with van der Waals surface area (Å²) in [6.07, 6.45) is 0.682. The van der Waals surface area contributed by atoms with Crippen LogP contribution in [0.2, 0.25) is 0 Å². The number of oxime groups is 1. The van der Waals surface area contributed by atoms with Crippen LogP contribution >= 0.6 is 0 Å². The first-order valence-electron chi connectivity index (χ1n) is 6.51. The van der Waals surface area contributed by atoms with Crippen molar-refractivity contribution in [2.45, 2.75) is 19.4 Å². The van der Waals surface area contributed by atoms with Gasteiger partial charge in [0.25, 0.3) is 0 Å². The van der Waals surface area contributed by atoms with Gasteiger partial charge >= 0.3 is 0 Å². The molecule has 1 aromatic carbocycles. The van der Waals surface area contributed by atoms with Gasteiger partial charge in [-0.3, -0.25) is 4.79 Å². The van der Waals surface area contributed by atoms with Crippen LogP contribution in [-0.2, 0) is 9.53 Å². The van der Waals surface area contributed by atoms with E-state index in [2.05, 4.69) is 5.16 Å². The highest BCUT2D eigenvalue weighted by molar-refractivity contribution is 6.00. The normalized spacial score (nSPS) is 22.8. The summed E-state index contributed by atoms with van der Waals surface area (Å²) < 4.78 is 5.43. The third kappa shape index (κ3) is 2.75. The zero-order chi connectivity index (χ0) is 14.7. The van der Waals surface area contributed by atoms with Crippen LogP contribution in [0.1, 0.15) is 18.9 Å². The summed E-state index contributed by atoms with van der Waals surface area (Å²) in [7, 11) is 1.72. The lowest BCUT2D eigenvalue weighted by Crippen LogP contribution is -2.36. The predicted octanol–water partition coefficient (Wildman–Crippen LogP) is 1.17. The molecule has 1 aliphatic rings. The first-order valence-corrected chi connectivity index (χ1v) is 6.51. The molecule has 1 saturated heterocycles. The minimum absolute atomic E-state index is 0.0188. The van der Waals surface area contributed by atoms with E-state index in [9.17, 15) is 4.79 Å². The molecule has 108 valence electrons. The average molecular weight is 277 g/mol. The molecule has 2 unspecified atom stereocenters. The Balaban J connectivity index is 2.20. The fraction of sp³-hybridized carbons (Fsp3) is 0.429. The summed E-state index contributed by atoms with van der Waals surface area (Å²) in [5.74, 6) is -0.0792. The monoisotopic (exact) mass is 277 g/mol. The molecule has 20 heavy (non-hydrogen) atoms. The number of rotatable bonds is 3. The molecule has 0 bridgehead atoms. The van der Waals surface area contributed by atoms with Crippen molar-refractivity contribution in [3.05, 3.63) is 29.8 Å². The summed E-state index contributed by atoms with van der Waals surface area (Å²) in [5.41, 5.74) is 6.84. The van der Waals surface area contributed by atoms with Crippen molar-refractivity contribution < 1.29 is 14.7 Å². The van der Waals surface area contributed by atoms with E-state index in [0.29, 0.717) is 17.9 Å². The summed E-state index contributed by atoms with van der Waals surface area (Å²) in [5, 5.41) is 11.7. The standard InChI is InChI=1S/C14H19N3O3/c1-9-12(6-7-20-9)14(18)17(2)11-5-3-4-10(8-11)13(15)16-19/h3-5,8-9,12,19H,6-7H2,1-2H3,(H2,15,16). The smallest absolute Gasteiger partial charge is 0.232 e. The Bertz CT molecular complexity index is 530. The van der Waals surface area contributed by atoms with Crippen molar-refractivity contribution in [3.63, 3.8) is 0 Å². The number of nitrogens with two attached hydrogens (primary N) is 1. The maximum atomic E-state index is 12.4. The third-order valence-electron chi connectivity index (χ3n) is 3.66. The van der Waals surface area contributed by atoms with Crippen LogP contribution in [0.25, 0.3) is 0 Å². The molecular formula is C14H19N3O3. The number of benzene rings is 1. The third-order valence-corrected chi connectivity index (χ3v) is 3.66. The SMILES string of the molecule is CC1OCCC1C(=O)N(C)c1cccc(C(N)=NO)c1. The maximum Gasteiger partial charge on any atom is 0.232 e. The quantitative estimate of drug-likeness (QED) is 0.376. The Kier molecular flexibility index (Phi) is 4.24. The molecule has 1 amide bonds. The lowest BCUT2D eigenvalue weighted by Gasteiger charge is -2.23. The number of hydrogen-bond donors (Lipinski definition) is 2. The van der Waals surface area contributed by atoms with Crippen LogP contribution < -0.4 is 10.6 Å². The molecule has 0 radical (unpaired) electrons. The highest BCUT2D eigenvalue weighted by Crippen LogP contribution is 2.25. The van der Waals surface area contributed by atoms with Crippen LogP contribution in [0, 0.1) is 5.92 Å². The van der Waals surface area contributed by atoms with Crippen LogP contribution in [0.4, 0.5) is 5.69 Å². The second-order valence-corrected chi connectivity index (χ2v) is 4.90. The number of anilines is 1. The molecule has 3 N–H and O–H groups in total. The van der Waals surface area contributed by atoms with E-state index in [-0.39, 0.29) is 23.8 Å². The van der Waals surface area contributed by atoms with Gasteiger partial charge in [-0.05, 0) is 25.5 Å². The van der Waals surface area contributed by atoms with Gasteiger partial charge in [-0.1, -0.05) is 17.3 Å². The number of carbonyl (C=O) groups excluding carboxylic acids is 1. The van der Waals surface area contributed by atoms with Gasteiger partial charge in [-0.25, -0.2) is 0 Å². The van der Waals surface area contributed by atoms with Crippen molar-refractivity contribution in [3.8, 4) is 0 Å². The molecule has 2 atom stereocenters. The van der Waals surface area contributed by atoms with E-state index in [4.69, 9.17) is 15.7 Å². The zero-order valence-electron chi connectivity index (χ0n) is 11.6. The number of amides is 1.